The van der Waals surface area contributed by atoms with Crippen LogP contribution in [0.3, 0.4) is 0 Å². The molecule has 4 aromatic rings. The first kappa shape index (κ1) is 22.4. The minimum Gasteiger partial charge on any atom is -0.491 e. The van der Waals surface area contributed by atoms with E-state index in [1.54, 1.807) is 24.3 Å². The van der Waals surface area contributed by atoms with Gasteiger partial charge in [-0.3, -0.25) is 4.79 Å². The molecule has 2 heterocycles. The van der Waals surface area contributed by atoms with Gasteiger partial charge in [0.1, 0.15) is 24.3 Å². The van der Waals surface area contributed by atoms with Crippen molar-refractivity contribution in [2.45, 2.75) is 31.9 Å². The lowest BCUT2D eigenvalue weighted by Gasteiger charge is -2.19. The molecule has 0 spiro atoms. The van der Waals surface area contributed by atoms with Crippen molar-refractivity contribution in [3.63, 3.8) is 0 Å². The number of hydrogen-bond acceptors (Lipinski definition) is 4. The van der Waals surface area contributed by atoms with Crippen LogP contribution in [-0.4, -0.2) is 39.8 Å². The Morgan fingerprint density at radius 1 is 1.12 bits per heavy atom. The van der Waals surface area contributed by atoms with E-state index in [4.69, 9.17) is 21.3 Å². The highest BCUT2D eigenvalue weighted by Crippen LogP contribution is 2.33. The maximum Gasteiger partial charge on any atom is 0.227 e. The van der Waals surface area contributed by atoms with Crippen LogP contribution in [0.4, 0.5) is 5.69 Å². The van der Waals surface area contributed by atoms with E-state index >= 15 is 0 Å². The Labute approximate surface area is 203 Å². The smallest absolute Gasteiger partial charge is 0.227 e. The molecule has 1 N–H and O–H groups in total. The van der Waals surface area contributed by atoms with E-state index in [-0.39, 0.29) is 18.4 Å². The maximum absolute atomic E-state index is 12.9. The summed E-state index contributed by atoms with van der Waals surface area (Å²) in [6, 6.07) is 22.9. The van der Waals surface area contributed by atoms with Crippen LogP contribution >= 0.6 is 11.6 Å². The number of nitrogens with zero attached hydrogens (tertiary/aromatic N) is 3. The molecule has 1 amide bonds. The second-order valence-electron chi connectivity index (χ2n) is 8.73. The number of rotatable bonds is 7. The van der Waals surface area contributed by atoms with Gasteiger partial charge >= 0.3 is 0 Å². The molecule has 0 saturated carbocycles. The number of carbonyl (C=O) groups excluding carboxylic acids is 1. The second kappa shape index (κ2) is 9.49. The third kappa shape index (κ3) is 4.65. The molecule has 0 bridgehead atoms. The molecule has 174 valence electrons. The molecule has 1 aromatic heterocycles. The van der Waals surface area contributed by atoms with Gasteiger partial charge in [-0.1, -0.05) is 35.9 Å². The Bertz CT molecular complexity index is 1320. The average molecular weight is 476 g/mol. The van der Waals surface area contributed by atoms with Crippen molar-refractivity contribution in [2.24, 2.45) is 0 Å². The Kier molecular flexibility index (Phi) is 6.26. The first-order chi connectivity index (χ1) is 16.5. The summed E-state index contributed by atoms with van der Waals surface area (Å²) >= 11 is 5.93. The molecule has 0 unspecified atom stereocenters. The summed E-state index contributed by atoms with van der Waals surface area (Å²) in [6.45, 7) is 3.03. The zero-order valence-electron chi connectivity index (χ0n) is 18.9. The molecule has 0 radical (unpaired) electrons. The highest BCUT2D eigenvalue weighted by molar-refractivity contribution is 6.30. The minimum absolute atomic E-state index is 0.0650. The van der Waals surface area contributed by atoms with Crippen LogP contribution in [0.25, 0.3) is 11.0 Å². The number of aromatic nitrogens is 2. The molecule has 3 aromatic carbocycles. The number of fused-ring (bicyclic) bond motifs is 1. The predicted octanol–water partition coefficient (Wildman–Crippen LogP) is 4.96. The van der Waals surface area contributed by atoms with Crippen molar-refractivity contribution in [3.8, 4) is 5.75 Å². The van der Waals surface area contributed by atoms with E-state index in [1.807, 2.05) is 64.9 Å². The quantitative estimate of drug-likeness (QED) is 0.410. The fourth-order valence-corrected chi connectivity index (χ4v) is 4.64. The summed E-state index contributed by atoms with van der Waals surface area (Å²) in [5, 5.41) is 11.4. The summed E-state index contributed by atoms with van der Waals surface area (Å²) in [4.78, 5) is 19.6. The van der Waals surface area contributed by atoms with Crippen molar-refractivity contribution in [2.75, 3.05) is 18.1 Å². The van der Waals surface area contributed by atoms with Gasteiger partial charge < -0.3 is 19.3 Å². The lowest BCUT2D eigenvalue weighted by Crippen LogP contribution is -2.26. The zero-order chi connectivity index (χ0) is 23.7. The van der Waals surface area contributed by atoms with Gasteiger partial charge in [-0.15, -0.1) is 0 Å². The van der Waals surface area contributed by atoms with Crippen LogP contribution in [0, 0.1) is 6.92 Å². The molecule has 7 heteroatoms. The van der Waals surface area contributed by atoms with Gasteiger partial charge in [0.25, 0.3) is 0 Å². The number of hydrogen-bond donors (Lipinski definition) is 1. The largest absolute Gasteiger partial charge is 0.491 e. The van der Waals surface area contributed by atoms with Gasteiger partial charge in [-0.2, -0.15) is 0 Å². The van der Waals surface area contributed by atoms with E-state index < -0.39 is 6.10 Å². The Morgan fingerprint density at radius 2 is 1.91 bits per heavy atom. The molecular formula is C27H26ClN3O3. The van der Waals surface area contributed by atoms with E-state index in [0.29, 0.717) is 30.3 Å². The normalized spacial score (nSPS) is 16.9. The second-order valence-corrected chi connectivity index (χ2v) is 9.17. The van der Waals surface area contributed by atoms with Crippen LogP contribution in [0.2, 0.25) is 5.02 Å². The third-order valence-electron chi connectivity index (χ3n) is 6.14. The average Bonchev–Trinajstić information content (AvgIpc) is 3.39. The number of aliphatic hydroxyl groups is 1. The van der Waals surface area contributed by atoms with Crippen molar-refractivity contribution < 1.29 is 14.6 Å². The van der Waals surface area contributed by atoms with Crippen LogP contribution in [0.1, 0.15) is 23.7 Å². The maximum atomic E-state index is 12.9. The number of ether oxygens (including phenoxy) is 1. The van der Waals surface area contributed by atoms with Gasteiger partial charge in [0.2, 0.25) is 5.91 Å². The standard InChI is InChI=1S/C27H26ClN3O3/c1-18-5-4-6-21(13-18)30-15-19(14-26(30)33)27-29-24-7-2-3-8-25(24)31(27)16-22(32)17-34-23-11-9-20(28)10-12-23/h2-13,19,22,32H,14-17H2,1H3/t19-,22+/m1/s1. The van der Waals surface area contributed by atoms with Crippen molar-refractivity contribution in [1.29, 1.82) is 0 Å². The summed E-state index contributed by atoms with van der Waals surface area (Å²) in [5.74, 6) is 1.48. The van der Waals surface area contributed by atoms with Gasteiger partial charge in [-0.05, 0) is 61.0 Å². The number of aliphatic hydroxyl groups excluding tert-OH is 1. The Balaban J connectivity index is 1.38. The number of imidazole rings is 1. The highest BCUT2D eigenvalue weighted by Gasteiger charge is 2.35. The number of anilines is 1. The zero-order valence-corrected chi connectivity index (χ0v) is 19.7. The van der Waals surface area contributed by atoms with Crippen LogP contribution < -0.4 is 9.64 Å². The number of halogens is 1. The van der Waals surface area contributed by atoms with Crippen molar-refractivity contribution >= 4 is 34.2 Å². The van der Waals surface area contributed by atoms with Crippen LogP contribution in [0.15, 0.2) is 72.8 Å². The van der Waals surface area contributed by atoms with Crippen LogP contribution in [0.5, 0.6) is 5.75 Å². The number of benzene rings is 3. The number of amides is 1. The lowest BCUT2D eigenvalue weighted by molar-refractivity contribution is -0.117. The van der Waals surface area contributed by atoms with Crippen molar-refractivity contribution in [3.05, 3.63) is 89.2 Å². The number of carbonyl (C=O) groups is 1. The Morgan fingerprint density at radius 3 is 2.71 bits per heavy atom. The molecule has 1 fully saturated rings. The minimum atomic E-state index is -0.753. The lowest BCUT2D eigenvalue weighted by atomic mass is 10.1. The summed E-state index contributed by atoms with van der Waals surface area (Å²) in [5.41, 5.74) is 3.81. The third-order valence-corrected chi connectivity index (χ3v) is 6.39. The highest BCUT2D eigenvalue weighted by atomic mass is 35.5. The SMILES string of the molecule is Cc1cccc(N2C[C@H](c3nc4ccccc4n3C[C@H](O)COc3ccc(Cl)cc3)CC2=O)c1. The summed E-state index contributed by atoms with van der Waals surface area (Å²) < 4.78 is 7.78. The van der Waals surface area contributed by atoms with E-state index in [2.05, 4.69) is 0 Å². The Hall–Kier alpha value is -3.35. The fraction of sp³-hybridized carbons (Fsp3) is 0.259. The number of aryl methyl sites for hydroxylation is 1. The summed E-state index contributed by atoms with van der Waals surface area (Å²) in [6.07, 6.45) is -0.369. The van der Waals surface area contributed by atoms with Gasteiger partial charge in [0.05, 0.1) is 17.6 Å². The molecule has 1 aliphatic heterocycles. The molecule has 2 atom stereocenters. The molecule has 1 saturated heterocycles. The van der Waals surface area contributed by atoms with E-state index in [9.17, 15) is 9.90 Å². The fourth-order valence-electron chi connectivity index (χ4n) is 4.51. The van der Waals surface area contributed by atoms with Crippen molar-refractivity contribution in [1.82, 2.24) is 9.55 Å². The molecule has 34 heavy (non-hydrogen) atoms. The first-order valence-electron chi connectivity index (χ1n) is 11.4. The molecule has 1 aliphatic rings. The van der Waals surface area contributed by atoms with E-state index in [0.717, 1.165) is 28.1 Å². The molecule has 6 nitrogen and oxygen atoms in total. The first-order valence-corrected chi connectivity index (χ1v) is 11.7. The van der Waals surface area contributed by atoms with Gasteiger partial charge in [-0.25, -0.2) is 4.98 Å². The number of para-hydroxylation sites is 2. The van der Waals surface area contributed by atoms with Crippen LogP contribution in [-0.2, 0) is 11.3 Å². The molecular weight excluding hydrogens is 450 g/mol. The van der Waals surface area contributed by atoms with Gasteiger partial charge in [0, 0.05) is 29.6 Å². The topological polar surface area (TPSA) is 67.6 Å². The van der Waals surface area contributed by atoms with E-state index in [1.165, 1.54) is 0 Å². The predicted molar refractivity (Wildman–Crippen MR) is 134 cm³/mol. The molecule has 5 rings (SSSR count). The molecule has 0 aliphatic carbocycles. The van der Waals surface area contributed by atoms with Gasteiger partial charge in [0.15, 0.2) is 0 Å². The monoisotopic (exact) mass is 475 g/mol. The summed E-state index contributed by atoms with van der Waals surface area (Å²) in [7, 11) is 0.